The van der Waals surface area contributed by atoms with Crippen molar-refractivity contribution in [3.8, 4) is 0 Å². The number of piperidine rings is 1. The molecule has 1 N–H and O–H groups in total. The van der Waals surface area contributed by atoms with Crippen molar-refractivity contribution in [1.29, 1.82) is 0 Å². The minimum absolute atomic E-state index is 0.0647. The average molecular weight is 325 g/mol. The van der Waals surface area contributed by atoms with Gasteiger partial charge in [-0.3, -0.25) is 14.5 Å². The third-order valence-corrected chi connectivity index (χ3v) is 4.79. The number of morpholine rings is 1. The third-order valence-electron chi connectivity index (χ3n) is 4.79. The first-order chi connectivity index (χ1) is 11.2. The number of amides is 2. The van der Waals surface area contributed by atoms with Gasteiger partial charge in [-0.15, -0.1) is 0 Å². The van der Waals surface area contributed by atoms with Crippen LogP contribution in [0, 0.1) is 5.92 Å². The van der Waals surface area contributed by atoms with Gasteiger partial charge in [0, 0.05) is 51.6 Å². The maximum atomic E-state index is 12.2. The van der Waals surface area contributed by atoms with E-state index in [1.54, 1.807) is 0 Å². The van der Waals surface area contributed by atoms with Crippen molar-refractivity contribution in [3.05, 3.63) is 0 Å². The molecule has 23 heavy (non-hydrogen) atoms. The predicted molar refractivity (Wildman–Crippen MR) is 89.1 cm³/mol. The topological polar surface area (TPSA) is 61.9 Å². The Bertz CT molecular complexity index is 375. The molecule has 2 aliphatic rings. The Morgan fingerprint density at radius 3 is 2.48 bits per heavy atom. The number of unbranched alkanes of at least 4 members (excludes halogenated alkanes) is 1. The second-order valence-corrected chi connectivity index (χ2v) is 6.50. The largest absolute Gasteiger partial charge is 0.379 e. The molecule has 2 amide bonds. The molecule has 2 fully saturated rings. The summed E-state index contributed by atoms with van der Waals surface area (Å²) in [5.74, 6) is 0.465. The minimum Gasteiger partial charge on any atom is -0.379 e. The van der Waals surface area contributed by atoms with E-state index < -0.39 is 0 Å². The van der Waals surface area contributed by atoms with Crippen LogP contribution in [-0.2, 0) is 14.3 Å². The molecular weight excluding hydrogens is 294 g/mol. The van der Waals surface area contributed by atoms with Crippen LogP contribution in [0.25, 0.3) is 0 Å². The molecule has 6 nitrogen and oxygen atoms in total. The molecule has 2 rings (SSSR count). The molecule has 2 aliphatic heterocycles. The molecular formula is C17H31N3O3. The summed E-state index contributed by atoms with van der Waals surface area (Å²) >= 11 is 0. The van der Waals surface area contributed by atoms with Gasteiger partial charge in [-0.1, -0.05) is 13.3 Å². The summed E-state index contributed by atoms with van der Waals surface area (Å²) in [6.07, 6.45) is 4.24. The molecule has 0 bridgehead atoms. The number of nitrogens with zero attached hydrogens (tertiary/aromatic N) is 2. The van der Waals surface area contributed by atoms with Gasteiger partial charge in [-0.05, 0) is 19.3 Å². The molecule has 132 valence electrons. The number of hydrogen-bond acceptors (Lipinski definition) is 4. The molecule has 0 aromatic rings. The molecule has 0 atom stereocenters. The van der Waals surface area contributed by atoms with Crippen molar-refractivity contribution in [2.45, 2.75) is 39.0 Å². The molecule has 0 unspecified atom stereocenters. The van der Waals surface area contributed by atoms with Crippen molar-refractivity contribution >= 4 is 11.8 Å². The van der Waals surface area contributed by atoms with Gasteiger partial charge in [0.25, 0.3) is 0 Å². The van der Waals surface area contributed by atoms with Crippen molar-refractivity contribution in [2.75, 3.05) is 52.5 Å². The Hall–Kier alpha value is -1.14. The maximum absolute atomic E-state index is 12.2. The number of carbonyl (C=O) groups excluding carboxylic acids is 2. The van der Waals surface area contributed by atoms with Crippen LogP contribution in [0.5, 0.6) is 0 Å². The Morgan fingerprint density at radius 2 is 1.83 bits per heavy atom. The molecule has 0 aliphatic carbocycles. The number of likely N-dealkylation sites (tertiary alicyclic amines) is 1. The Kier molecular flexibility index (Phi) is 7.82. The third kappa shape index (κ3) is 6.11. The van der Waals surface area contributed by atoms with E-state index in [2.05, 4.69) is 17.1 Å². The first-order valence-corrected chi connectivity index (χ1v) is 9.06. The van der Waals surface area contributed by atoms with Crippen molar-refractivity contribution in [2.24, 2.45) is 5.92 Å². The summed E-state index contributed by atoms with van der Waals surface area (Å²) in [7, 11) is 0. The normalized spacial score (nSPS) is 20.5. The Labute approximate surface area is 139 Å². The number of rotatable bonds is 7. The number of nitrogens with one attached hydrogen (secondary N) is 1. The standard InChI is InChI=1S/C17H31N3O3/c1-2-3-4-16(21)20-8-5-15(6-9-20)17(22)18-7-10-19-11-13-23-14-12-19/h15H,2-14H2,1H3,(H,18,22). The number of hydrogen-bond donors (Lipinski definition) is 1. The van der Waals surface area contributed by atoms with Gasteiger partial charge in [0.2, 0.25) is 11.8 Å². The Morgan fingerprint density at radius 1 is 1.13 bits per heavy atom. The number of carbonyl (C=O) groups is 2. The quantitative estimate of drug-likeness (QED) is 0.754. The fourth-order valence-electron chi connectivity index (χ4n) is 3.18. The van der Waals surface area contributed by atoms with Crippen LogP contribution in [0.15, 0.2) is 0 Å². The van der Waals surface area contributed by atoms with Gasteiger partial charge in [0.15, 0.2) is 0 Å². The van der Waals surface area contributed by atoms with Crippen LogP contribution in [0.1, 0.15) is 39.0 Å². The number of ether oxygens (including phenoxy) is 1. The summed E-state index contributed by atoms with van der Waals surface area (Å²) in [4.78, 5) is 28.5. The zero-order chi connectivity index (χ0) is 16.5. The van der Waals surface area contributed by atoms with E-state index in [1.165, 1.54) is 0 Å². The second-order valence-electron chi connectivity index (χ2n) is 6.50. The van der Waals surface area contributed by atoms with Gasteiger partial charge in [-0.25, -0.2) is 0 Å². The zero-order valence-corrected chi connectivity index (χ0v) is 14.4. The predicted octanol–water partition coefficient (Wildman–Crippen LogP) is 0.864. The van der Waals surface area contributed by atoms with Gasteiger partial charge >= 0.3 is 0 Å². The second kappa shape index (κ2) is 9.88. The van der Waals surface area contributed by atoms with E-state index in [1.807, 2.05) is 4.90 Å². The highest BCUT2D eigenvalue weighted by Gasteiger charge is 2.26. The van der Waals surface area contributed by atoms with E-state index >= 15 is 0 Å². The lowest BCUT2D eigenvalue weighted by Crippen LogP contribution is -2.45. The van der Waals surface area contributed by atoms with Gasteiger partial charge in [-0.2, -0.15) is 0 Å². The average Bonchev–Trinajstić information content (AvgIpc) is 2.60. The first kappa shape index (κ1) is 18.2. The fourth-order valence-corrected chi connectivity index (χ4v) is 3.18. The van der Waals surface area contributed by atoms with Crippen molar-refractivity contribution in [3.63, 3.8) is 0 Å². The van der Waals surface area contributed by atoms with E-state index in [4.69, 9.17) is 4.74 Å². The highest BCUT2D eigenvalue weighted by Crippen LogP contribution is 2.18. The summed E-state index contributed by atoms with van der Waals surface area (Å²) in [6, 6.07) is 0. The van der Waals surface area contributed by atoms with Crippen LogP contribution in [0.2, 0.25) is 0 Å². The van der Waals surface area contributed by atoms with Crippen molar-refractivity contribution in [1.82, 2.24) is 15.1 Å². The Balaban J connectivity index is 1.60. The fraction of sp³-hybridized carbons (Fsp3) is 0.882. The summed E-state index contributed by atoms with van der Waals surface area (Å²) in [5, 5.41) is 3.05. The van der Waals surface area contributed by atoms with E-state index in [9.17, 15) is 9.59 Å². The summed E-state index contributed by atoms with van der Waals surface area (Å²) in [5.41, 5.74) is 0. The zero-order valence-electron chi connectivity index (χ0n) is 14.4. The smallest absolute Gasteiger partial charge is 0.223 e. The van der Waals surface area contributed by atoms with E-state index in [0.717, 1.165) is 71.6 Å². The van der Waals surface area contributed by atoms with Crippen LogP contribution in [-0.4, -0.2) is 74.1 Å². The lowest BCUT2D eigenvalue weighted by molar-refractivity contribution is -0.135. The van der Waals surface area contributed by atoms with Gasteiger partial charge in [0.05, 0.1) is 13.2 Å². The van der Waals surface area contributed by atoms with Gasteiger partial charge < -0.3 is 15.0 Å². The molecule has 0 saturated carbocycles. The maximum Gasteiger partial charge on any atom is 0.223 e. The molecule has 0 aromatic heterocycles. The van der Waals surface area contributed by atoms with Crippen LogP contribution in [0.4, 0.5) is 0 Å². The van der Waals surface area contributed by atoms with E-state index in [0.29, 0.717) is 13.0 Å². The highest BCUT2D eigenvalue weighted by molar-refractivity contribution is 5.80. The molecule has 0 aromatic carbocycles. The van der Waals surface area contributed by atoms with Crippen LogP contribution < -0.4 is 5.32 Å². The molecule has 0 spiro atoms. The van der Waals surface area contributed by atoms with Crippen LogP contribution in [0.3, 0.4) is 0 Å². The molecule has 2 saturated heterocycles. The summed E-state index contributed by atoms with van der Waals surface area (Å²) in [6.45, 7) is 8.63. The monoisotopic (exact) mass is 325 g/mol. The lowest BCUT2D eigenvalue weighted by Gasteiger charge is -2.32. The molecule has 0 radical (unpaired) electrons. The lowest BCUT2D eigenvalue weighted by atomic mass is 9.95. The molecule has 6 heteroatoms. The molecule has 2 heterocycles. The van der Waals surface area contributed by atoms with Crippen molar-refractivity contribution < 1.29 is 14.3 Å². The van der Waals surface area contributed by atoms with E-state index in [-0.39, 0.29) is 17.7 Å². The first-order valence-electron chi connectivity index (χ1n) is 9.06. The minimum atomic E-state index is 0.0647. The van der Waals surface area contributed by atoms with Crippen LogP contribution >= 0.6 is 0 Å². The van der Waals surface area contributed by atoms with Gasteiger partial charge in [0.1, 0.15) is 0 Å². The SMILES string of the molecule is CCCCC(=O)N1CCC(C(=O)NCCN2CCOCC2)CC1. The highest BCUT2D eigenvalue weighted by atomic mass is 16.5. The summed E-state index contributed by atoms with van der Waals surface area (Å²) < 4.78 is 5.31.